The van der Waals surface area contributed by atoms with E-state index in [4.69, 9.17) is 5.73 Å². The summed E-state index contributed by atoms with van der Waals surface area (Å²) in [5, 5.41) is 13.5. The Bertz CT molecular complexity index is 470. The highest BCUT2D eigenvalue weighted by molar-refractivity contribution is 5.92. The van der Waals surface area contributed by atoms with Gasteiger partial charge in [0.25, 0.3) is 0 Å². The van der Waals surface area contributed by atoms with Crippen LogP contribution in [0.25, 0.3) is 0 Å². The van der Waals surface area contributed by atoms with E-state index in [1.54, 1.807) is 0 Å². The standard InChI is InChI=1S/C16H25N3O/c1-12-8-13(2)10-14(9-12)19-15(17)18-11-16(20)6-4-3-5-7-16/h8-10,20H,3-7,11H2,1-2H3,(H3,17,18,19). The summed E-state index contributed by atoms with van der Waals surface area (Å²) in [5.41, 5.74) is 8.57. The van der Waals surface area contributed by atoms with Crippen LogP contribution in [0.3, 0.4) is 0 Å². The number of rotatable bonds is 3. The van der Waals surface area contributed by atoms with Gasteiger partial charge in [0.1, 0.15) is 0 Å². The highest BCUT2D eigenvalue weighted by atomic mass is 16.3. The second-order valence-corrected chi connectivity index (χ2v) is 5.99. The number of nitrogens with zero attached hydrogens (tertiary/aromatic N) is 1. The average molecular weight is 275 g/mol. The maximum absolute atomic E-state index is 10.4. The van der Waals surface area contributed by atoms with Gasteiger partial charge in [-0.3, -0.25) is 4.99 Å². The lowest BCUT2D eigenvalue weighted by atomic mass is 9.85. The van der Waals surface area contributed by atoms with Gasteiger partial charge in [-0.05, 0) is 49.9 Å². The first-order valence-corrected chi connectivity index (χ1v) is 7.34. The Hall–Kier alpha value is -1.55. The molecule has 0 unspecified atom stereocenters. The third-order valence-electron chi connectivity index (χ3n) is 3.82. The van der Waals surface area contributed by atoms with E-state index < -0.39 is 5.60 Å². The van der Waals surface area contributed by atoms with Crippen molar-refractivity contribution in [1.82, 2.24) is 0 Å². The van der Waals surface area contributed by atoms with E-state index in [0.29, 0.717) is 12.5 Å². The smallest absolute Gasteiger partial charge is 0.193 e. The second-order valence-electron chi connectivity index (χ2n) is 5.99. The first-order chi connectivity index (χ1) is 9.47. The van der Waals surface area contributed by atoms with Crippen LogP contribution >= 0.6 is 0 Å². The number of anilines is 1. The molecule has 0 saturated heterocycles. The van der Waals surface area contributed by atoms with Gasteiger partial charge in [-0.25, -0.2) is 0 Å². The van der Waals surface area contributed by atoms with Crippen molar-refractivity contribution in [2.24, 2.45) is 10.7 Å². The first-order valence-electron chi connectivity index (χ1n) is 7.34. The second kappa shape index (κ2) is 6.27. The summed E-state index contributed by atoms with van der Waals surface area (Å²) in [7, 11) is 0. The molecule has 1 aliphatic rings. The Morgan fingerprint density at radius 3 is 2.40 bits per heavy atom. The third-order valence-corrected chi connectivity index (χ3v) is 3.82. The van der Waals surface area contributed by atoms with Crippen LogP contribution in [0.1, 0.15) is 43.2 Å². The number of aliphatic imine (C=N–C) groups is 1. The fourth-order valence-electron chi connectivity index (χ4n) is 2.83. The lowest BCUT2D eigenvalue weighted by Crippen LogP contribution is -2.36. The molecule has 20 heavy (non-hydrogen) atoms. The van der Waals surface area contributed by atoms with Gasteiger partial charge in [0.15, 0.2) is 5.96 Å². The number of guanidine groups is 1. The molecule has 0 aliphatic heterocycles. The Labute approximate surface area is 121 Å². The van der Waals surface area contributed by atoms with Crippen LogP contribution < -0.4 is 11.1 Å². The summed E-state index contributed by atoms with van der Waals surface area (Å²) >= 11 is 0. The molecule has 110 valence electrons. The Morgan fingerprint density at radius 2 is 1.80 bits per heavy atom. The van der Waals surface area contributed by atoms with Crippen LogP contribution in [0.4, 0.5) is 5.69 Å². The molecule has 1 saturated carbocycles. The molecule has 4 heteroatoms. The Balaban J connectivity index is 1.96. The SMILES string of the molecule is Cc1cc(C)cc(NC(N)=NCC2(O)CCCCC2)c1. The van der Waals surface area contributed by atoms with E-state index in [2.05, 4.69) is 30.2 Å². The maximum Gasteiger partial charge on any atom is 0.193 e. The maximum atomic E-state index is 10.4. The lowest BCUT2D eigenvalue weighted by Gasteiger charge is -2.30. The lowest BCUT2D eigenvalue weighted by molar-refractivity contribution is 0.0132. The van der Waals surface area contributed by atoms with E-state index in [1.165, 1.54) is 17.5 Å². The van der Waals surface area contributed by atoms with Crippen LogP contribution in [0.2, 0.25) is 0 Å². The van der Waals surface area contributed by atoms with Gasteiger partial charge in [0.05, 0.1) is 12.1 Å². The number of hydrogen-bond donors (Lipinski definition) is 3. The zero-order chi connectivity index (χ0) is 14.6. The van der Waals surface area contributed by atoms with Gasteiger partial charge >= 0.3 is 0 Å². The molecule has 0 radical (unpaired) electrons. The zero-order valence-electron chi connectivity index (χ0n) is 12.4. The van der Waals surface area contributed by atoms with Crippen molar-refractivity contribution in [3.8, 4) is 0 Å². The molecular weight excluding hydrogens is 250 g/mol. The molecule has 4 nitrogen and oxygen atoms in total. The fourth-order valence-corrected chi connectivity index (χ4v) is 2.83. The van der Waals surface area contributed by atoms with Crippen molar-refractivity contribution in [3.63, 3.8) is 0 Å². The molecule has 0 aromatic heterocycles. The molecule has 4 N–H and O–H groups in total. The van der Waals surface area contributed by atoms with E-state index in [0.717, 1.165) is 31.4 Å². The minimum Gasteiger partial charge on any atom is -0.388 e. The van der Waals surface area contributed by atoms with Crippen LogP contribution in [-0.2, 0) is 0 Å². The molecule has 0 atom stereocenters. The van der Waals surface area contributed by atoms with Gasteiger partial charge in [-0.1, -0.05) is 25.3 Å². The molecule has 1 aromatic rings. The number of benzene rings is 1. The number of hydrogen-bond acceptors (Lipinski definition) is 2. The highest BCUT2D eigenvalue weighted by Gasteiger charge is 2.28. The summed E-state index contributed by atoms with van der Waals surface area (Å²) in [4.78, 5) is 4.31. The average Bonchev–Trinajstić information content (AvgIpc) is 2.36. The van der Waals surface area contributed by atoms with Crippen molar-refractivity contribution in [1.29, 1.82) is 0 Å². The van der Waals surface area contributed by atoms with Gasteiger partial charge in [-0.2, -0.15) is 0 Å². The normalized spacial score (nSPS) is 18.9. The first kappa shape index (κ1) is 14.9. The third kappa shape index (κ3) is 4.23. The minimum atomic E-state index is -0.660. The van der Waals surface area contributed by atoms with E-state index in [1.807, 2.05) is 12.1 Å². The molecule has 0 heterocycles. The van der Waals surface area contributed by atoms with Gasteiger partial charge in [0.2, 0.25) is 0 Å². The summed E-state index contributed by atoms with van der Waals surface area (Å²) in [6, 6.07) is 6.18. The van der Waals surface area contributed by atoms with Gasteiger partial charge < -0.3 is 16.2 Å². The molecule has 1 aliphatic carbocycles. The predicted molar refractivity (Wildman–Crippen MR) is 84.1 cm³/mol. The Morgan fingerprint density at radius 1 is 1.20 bits per heavy atom. The molecule has 0 amide bonds. The van der Waals surface area contributed by atoms with Crippen molar-refractivity contribution in [2.45, 2.75) is 51.6 Å². The van der Waals surface area contributed by atoms with Crippen molar-refractivity contribution in [3.05, 3.63) is 29.3 Å². The monoisotopic (exact) mass is 275 g/mol. The van der Waals surface area contributed by atoms with Crippen molar-refractivity contribution >= 4 is 11.6 Å². The van der Waals surface area contributed by atoms with Crippen molar-refractivity contribution < 1.29 is 5.11 Å². The number of aryl methyl sites for hydroxylation is 2. The highest BCUT2D eigenvalue weighted by Crippen LogP contribution is 2.28. The minimum absolute atomic E-state index is 0.369. The topological polar surface area (TPSA) is 70.6 Å². The fraction of sp³-hybridized carbons (Fsp3) is 0.562. The summed E-state index contributed by atoms with van der Waals surface area (Å²) in [5.74, 6) is 0.369. The van der Waals surface area contributed by atoms with Crippen LogP contribution in [0.5, 0.6) is 0 Å². The summed E-state index contributed by atoms with van der Waals surface area (Å²) < 4.78 is 0. The molecule has 1 aromatic carbocycles. The molecule has 1 fully saturated rings. The van der Waals surface area contributed by atoms with Crippen LogP contribution in [-0.4, -0.2) is 23.2 Å². The number of aliphatic hydroxyl groups is 1. The molecule has 0 bridgehead atoms. The summed E-state index contributed by atoms with van der Waals surface area (Å²) in [6.45, 7) is 4.49. The summed E-state index contributed by atoms with van der Waals surface area (Å²) in [6.07, 6.45) is 5.02. The van der Waals surface area contributed by atoms with Crippen LogP contribution in [0.15, 0.2) is 23.2 Å². The quantitative estimate of drug-likeness (QED) is 0.587. The molecular formula is C16H25N3O. The van der Waals surface area contributed by atoms with Crippen LogP contribution in [0, 0.1) is 13.8 Å². The molecule has 0 spiro atoms. The predicted octanol–water partition coefficient (Wildman–Crippen LogP) is 2.73. The zero-order valence-corrected chi connectivity index (χ0v) is 12.4. The molecule has 2 rings (SSSR count). The van der Waals surface area contributed by atoms with E-state index >= 15 is 0 Å². The number of nitrogens with two attached hydrogens (primary N) is 1. The van der Waals surface area contributed by atoms with E-state index in [9.17, 15) is 5.11 Å². The number of nitrogens with one attached hydrogen (secondary N) is 1. The largest absolute Gasteiger partial charge is 0.388 e. The Kier molecular flexibility index (Phi) is 4.65. The van der Waals surface area contributed by atoms with E-state index in [-0.39, 0.29) is 0 Å². The van der Waals surface area contributed by atoms with Crippen molar-refractivity contribution in [2.75, 3.05) is 11.9 Å². The van der Waals surface area contributed by atoms with Gasteiger partial charge in [-0.15, -0.1) is 0 Å². The van der Waals surface area contributed by atoms with Gasteiger partial charge in [0, 0.05) is 5.69 Å².